The third-order valence-corrected chi connectivity index (χ3v) is 1.90. The molecular formula is C9H13Cl2N3. The molecule has 0 unspecified atom stereocenters. The van der Waals surface area contributed by atoms with Gasteiger partial charge in [-0.1, -0.05) is 12.1 Å². The lowest BCUT2D eigenvalue weighted by molar-refractivity contribution is 0.728. The molecule has 0 aliphatic heterocycles. The summed E-state index contributed by atoms with van der Waals surface area (Å²) in [6, 6.07) is 8.06. The molecule has 1 heterocycles. The lowest BCUT2D eigenvalue weighted by Gasteiger charge is -1.99. The Balaban J connectivity index is 0.000000845. The molecule has 0 saturated heterocycles. The second kappa shape index (κ2) is 5.86. The first kappa shape index (κ1) is 13.2. The number of halogens is 2. The highest BCUT2D eigenvalue weighted by Crippen LogP contribution is 2.10. The molecule has 0 aliphatic carbocycles. The predicted octanol–water partition coefficient (Wildman–Crippen LogP) is 1.84. The Kier molecular flexibility index (Phi) is 5.53. The molecule has 5 heteroatoms. The van der Waals surface area contributed by atoms with Crippen molar-refractivity contribution in [2.75, 3.05) is 6.54 Å². The monoisotopic (exact) mass is 233 g/mol. The van der Waals surface area contributed by atoms with E-state index in [9.17, 15) is 0 Å². The molecule has 14 heavy (non-hydrogen) atoms. The van der Waals surface area contributed by atoms with Gasteiger partial charge in [-0.15, -0.1) is 24.8 Å². The van der Waals surface area contributed by atoms with Crippen LogP contribution >= 0.6 is 24.8 Å². The quantitative estimate of drug-likeness (QED) is 0.861. The Hall–Kier alpha value is -0.770. The maximum atomic E-state index is 5.46. The summed E-state index contributed by atoms with van der Waals surface area (Å²) < 4.78 is 2.06. The van der Waals surface area contributed by atoms with Crippen LogP contribution in [0.3, 0.4) is 0 Å². The van der Waals surface area contributed by atoms with Crippen molar-refractivity contribution in [3.05, 3.63) is 30.6 Å². The van der Waals surface area contributed by atoms with Crippen molar-refractivity contribution in [1.29, 1.82) is 0 Å². The highest BCUT2D eigenvalue weighted by Gasteiger charge is 1.98. The summed E-state index contributed by atoms with van der Waals surface area (Å²) in [6.07, 6.45) is 1.83. The minimum Gasteiger partial charge on any atom is -0.329 e. The largest absolute Gasteiger partial charge is 0.329 e. The number of hydrogen-bond acceptors (Lipinski definition) is 2. The van der Waals surface area contributed by atoms with Gasteiger partial charge in [0.2, 0.25) is 0 Å². The van der Waals surface area contributed by atoms with Gasteiger partial charge in [0.1, 0.15) is 0 Å². The number of nitrogens with two attached hydrogens (primary N) is 1. The number of aromatic nitrogens is 2. The van der Waals surface area contributed by atoms with Crippen LogP contribution in [0.15, 0.2) is 30.6 Å². The summed E-state index contributed by atoms with van der Waals surface area (Å²) >= 11 is 0. The van der Waals surface area contributed by atoms with Crippen molar-refractivity contribution in [1.82, 2.24) is 9.55 Å². The fraction of sp³-hybridized carbons (Fsp3) is 0.222. The van der Waals surface area contributed by atoms with E-state index in [0.29, 0.717) is 6.54 Å². The summed E-state index contributed by atoms with van der Waals surface area (Å²) in [5.74, 6) is 0. The minimum atomic E-state index is 0. The molecule has 0 amide bonds. The van der Waals surface area contributed by atoms with E-state index in [1.807, 2.05) is 24.5 Å². The zero-order valence-corrected chi connectivity index (χ0v) is 9.22. The number of fused-ring (bicyclic) bond motifs is 1. The van der Waals surface area contributed by atoms with Gasteiger partial charge in [-0.3, -0.25) is 0 Å². The van der Waals surface area contributed by atoms with E-state index in [0.717, 1.165) is 17.6 Å². The minimum absolute atomic E-state index is 0. The molecule has 3 nitrogen and oxygen atoms in total. The smallest absolute Gasteiger partial charge is 0.0958 e. The summed E-state index contributed by atoms with van der Waals surface area (Å²) in [4.78, 5) is 4.24. The molecule has 0 radical (unpaired) electrons. The van der Waals surface area contributed by atoms with Crippen LogP contribution in [0.4, 0.5) is 0 Å². The number of imidazole rings is 1. The molecule has 0 atom stereocenters. The predicted molar refractivity (Wildman–Crippen MR) is 63.3 cm³/mol. The first-order valence-corrected chi connectivity index (χ1v) is 4.02. The average Bonchev–Trinajstić information content (AvgIpc) is 2.50. The average molecular weight is 234 g/mol. The van der Waals surface area contributed by atoms with E-state index >= 15 is 0 Å². The van der Waals surface area contributed by atoms with Crippen molar-refractivity contribution in [3.8, 4) is 0 Å². The van der Waals surface area contributed by atoms with Crippen LogP contribution in [-0.2, 0) is 6.54 Å². The van der Waals surface area contributed by atoms with Gasteiger partial charge in [0, 0.05) is 13.1 Å². The Morgan fingerprint density at radius 3 is 2.64 bits per heavy atom. The van der Waals surface area contributed by atoms with Crippen LogP contribution in [-0.4, -0.2) is 16.1 Å². The fourth-order valence-electron chi connectivity index (χ4n) is 1.33. The summed E-state index contributed by atoms with van der Waals surface area (Å²) in [5.41, 5.74) is 7.65. The van der Waals surface area contributed by atoms with Crippen LogP contribution in [0.5, 0.6) is 0 Å². The molecule has 0 spiro atoms. The van der Waals surface area contributed by atoms with E-state index < -0.39 is 0 Å². The topological polar surface area (TPSA) is 43.8 Å². The van der Waals surface area contributed by atoms with Gasteiger partial charge in [-0.25, -0.2) is 4.98 Å². The Labute approximate surface area is 95.1 Å². The standard InChI is InChI=1S/C9H11N3.2ClH/c10-5-6-12-7-11-8-3-1-2-4-9(8)12;;/h1-4,7H,5-6,10H2;2*1H. The molecule has 1 aromatic heterocycles. The molecule has 0 bridgehead atoms. The molecule has 1 aromatic carbocycles. The zero-order chi connectivity index (χ0) is 8.39. The van der Waals surface area contributed by atoms with Crippen molar-refractivity contribution in [2.45, 2.75) is 6.54 Å². The molecule has 2 N–H and O–H groups in total. The van der Waals surface area contributed by atoms with Crippen LogP contribution in [0.1, 0.15) is 0 Å². The van der Waals surface area contributed by atoms with E-state index in [1.165, 1.54) is 0 Å². The number of benzene rings is 1. The first-order valence-electron chi connectivity index (χ1n) is 4.02. The number of rotatable bonds is 2. The van der Waals surface area contributed by atoms with Crippen LogP contribution in [0, 0.1) is 0 Å². The number of nitrogens with zero attached hydrogens (tertiary/aromatic N) is 2. The first-order chi connectivity index (χ1) is 5.92. The second-order valence-electron chi connectivity index (χ2n) is 2.72. The van der Waals surface area contributed by atoms with Gasteiger partial charge < -0.3 is 10.3 Å². The molecular weight excluding hydrogens is 221 g/mol. The van der Waals surface area contributed by atoms with Gasteiger partial charge in [-0.2, -0.15) is 0 Å². The zero-order valence-electron chi connectivity index (χ0n) is 7.59. The Bertz CT molecular complexity index is 386. The number of hydrogen-bond donors (Lipinski definition) is 1. The SMILES string of the molecule is Cl.Cl.NCCn1cnc2ccccc21. The third kappa shape index (κ3) is 2.38. The van der Waals surface area contributed by atoms with Crippen molar-refractivity contribution in [3.63, 3.8) is 0 Å². The third-order valence-electron chi connectivity index (χ3n) is 1.90. The molecule has 2 rings (SSSR count). The van der Waals surface area contributed by atoms with Crippen LogP contribution in [0.2, 0.25) is 0 Å². The summed E-state index contributed by atoms with van der Waals surface area (Å²) in [6.45, 7) is 1.49. The highest BCUT2D eigenvalue weighted by atomic mass is 35.5. The van der Waals surface area contributed by atoms with Gasteiger partial charge in [-0.05, 0) is 12.1 Å². The Morgan fingerprint density at radius 1 is 1.21 bits per heavy atom. The van der Waals surface area contributed by atoms with E-state index in [1.54, 1.807) is 0 Å². The lowest BCUT2D eigenvalue weighted by Crippen LogP contribution is -2.08. The fourth-order valence-corrected chi connectivity index (χ4v) is 1.33. The Morgan fingerprint density at radius 2 is 1.93 bits per heavy atom. The van der Waals surface area contributed by atoms with Gasteiger partial charge in [0.05, 0.1) is 17.4 Å². The van der Waals surface area contributed by atoms with Gasteiger partial charge in [0.15, 0.2) is 0 Å². The molecule has 0 aliphatic rings. The van der Waals surface area contributed by atoms with E-state index in [2.05, 4.69) is 15.6 Å². The maximum absolute atomic E-state index is 5.46. The van der Waals surface area contributed by atoms with Gasteiger partial charge in [0.25, 0.3) is 0 Å². The normalized spacial score (nSPS) is 9.21. The molecule has 2 aromatic rings. The lowest BCUT2D eigenvalue weighted by atomic mass is 10.3. The highest BCUT2D eigenvalue weighted by molar-refractivity contribution is 5.85. The van der Waals surface area contributed by atoms with Crippen molar-refractivity contribution in [2.24, 2.45) is 5.73 Å². The van der Waals surface area contributed by atoms with Crippen molar-refractivity contribution < 1.29 is 0 Å². The summed E-state index contributed by atoms with van der Waals surface area (Å²) in [5, 5.41) is 0. The molecule has 0 saturated carbocycles. The van der Waals surface area contributed by atoms with Crippen LogP contribution < -0.4 is 5.73 Å². The number of para-hydroxylation sites is 2. The molecule has 78 valence electrons. The second-order valence-corrected chi connectivity index (χ2v) is 2.72. The van der Waals surface area contributed by atoms with E-state index in [4.69, 9.17) is 5.73 Å². The maximum Gasteiger partial charge on any atom is 0.0958 e. The van der Waals surface area contributed by atoms with E-state index in [-0.39, 0.29) is 24.8 Å². The van der Waals surface area contributed by atoms with Crippen LogP contribution in [0.25, 0.3) is 11.0 Å². The van der Waals surface area contributed by atoms with Crippen molar-refractivity contribution >= 4 is 35.8 Å². The summed E-state index contributed by atoms with van der Waals surface area (Å²) in [7, 11) is 0. The molecule has 0 fully saturated rings. The van der Waals surface area contributed by atoms with Gasteiger partial charge >= 0.3 is 0 Å².